The van der Waals surface area contributed by atoms with Gasteiger partial charge in [-0.05, 0) is 49.7 Å². The van der Waals surface area contributed by atoms with Gasteiger partial charge in [0.25, 0.3) is 5.91 Å². The van der Waals surface area contributed by atoms with Gasteiger partial charge in [-0.1, -0.05) is 12.1 Å². The van der Waals surface area contributed by atoms with Crippen molar-refractivity contribution in [3.63, 3.8) is 0 Å². The van der Waals surface area contributed by atoms with E-state index in [0.29, 0.717) is 36.4 Å². The molecule has 150 valence electrons. The van der Waals surface area contributed by atoms with E-state index in [2.05, 4.69) is 32.2 Å². The predicted molar refractivity (Wildman–Crippen MR) is 105 cm³/mol. The Kier molecular flexibility index (Phi) is 4.22. The van der Waals surface area contributed by atoms with Crippen molar-refractivity contribution < 1.29 is 9.32 Å². The number of nitrogens with zero attached hydrogens (tertiary/aromatic N) is 5. The summed E-state index contributed by atoms with van der Waals surface area (Å²) in [5.41, 5.74) is 6.80. The van der Waals surface area contributed by atoms with Gasteiger partial charge in [0, 0.05) is 48.7 Å². The van der Waals surface area contributed by atoms with E-state index in [9.17, 15) is 4.79 Å². The number of aryl methyl sites for hydroxylation is 3. The molecule has 0 radical (unpaired) electrons. The highest BCUT2D eigenvalue weighted by molar-refractivity contribution is 5.94. The lowest BCUT2D eigenvalue weighted by molar-refractivity contribution is 0.0727. The van der Waals surface area contributed by atoms with Crippen LogP contribution in [0.5, 0.6) is 0 Å². The molecule has 1 atom stereocenters. The summed E-state index contributed by atoms with van der Waals surface area (Å²) in [6.45, 7) is 7.12. The first kappa shape index (κ1) is 18.0. The molecule has 0 saturated carbocycles. The van der Waals surface area contributed by atoms with Crippen LogP contribution in [0.1, 0.15) is 57.8 Å². The Balaban J connectivity index is 1.45. The number of fused-ring (bicyclic) bond motifs is 2. The number of rotatable bonds is 2. The van der Waals surface area contributed by atoms with Gasteiger partial charge < -0.3 is 9.42 Å². The third kappa shape index (κ3) is 3.03. The molecule has 0 aromatic carbocycles. The van der Waals surface area contributed by atoms with Crippen LogP contribution in [0.2, 0.25) is 0 Å². The zero-order valence-corrected chi connectivity index (χ0v) is 16.9. The van der Waals surface area contributed by atoms with Crippen molar-refractivity contribution in [1.29, 1.82) is 0 Å². The molecule has 1 aliphatic carbocycles. The van der Waals surface area contributed by atoms with Crippen LogP contribution < -0.4 is 0 Å². The number of carbonyl (C=O) groups is 1. The van der Waals surface area contributed by atoms with E-state index >= 15 is 0 Å². The minimum absolute atomic E-state index is 0.000203. The average molecular weight is 392 g/mol. The Morgan fingerprint density at radius 1 is 1.28 bits per heavy atom. The Morgan fingerprint density at radius 3 is 2.93 bits per heavy atom. The molecule has 1 aliphatic heterocycles. The van der Waals surface area contributed by atoms with Gasteiger partial charge in [0.05, 0.1) is 0 Å². The maximum atomic E-state index is 13.3. The number of nitrogens with one attached hydrogen (secondary N) is 1. The molecule has 0 spiro atoms. The van der Waals surface area contributed by atoms with Crippen LogP contribution in [0.15, 0.2) is 10.7 Å². The molecular weight excluding hydrogens is 368 g/mol. The summed E-state index contributed by atoms with van der Waals surface area (Å²) in [6.07, 6.45) is 5.62. The van der Waals surface area contributed by atoms with E-state index in [4.69, 9.17) is 4.52 Å². The summed E-state index contributed by atoms with van der Waals surface area (Å²) in [5, 5.41) is 11.6. The first-order valence-electron chi connectivity index (χ1n) is 10.1. The summed E-state index contributed by atoms with van der Waals surface area (Å²) in [5.74, 6) is 1.68. The molecule has 1 N–H and O–H groups in total. The second-order valence-electron chi connectivity index (χ2n) is 8.21. The lowest BCUT2D eigenvalue weighted by Gasteiger charge is -2.30. The maximum Gasteiger partial charge on any atom is 0.274 e. The first-order valence-corrected chi connectivity index (χ1v) is 10.1. The van der Waals surface area contributed by atoms with Crippen LogP contribution in [-0.4, -0.2) is 42.7 Å². The van der Waals surface area contributed by atoms with E-state index in [1.807, 2.05) is 18.0 Å². The zero-order valence-electron chi connectivity index (χ0n) is 16.9. The number of amides is 1. The highest BCUT2D eigenvalue weighted by Gasteiger charge is 2.31. The molecule has 3 aromatic rings. The van der Waals surface area contributed by atoms with Gasteiger partial charge in [0.15, 0.2) is 5.69 Å². The Labute approximate surface area is 168 Å². The molecule has 1 amide bonds. The third-order valence-corrected chi connectivity index (χ3v) is 6.09. The van der Waals surface area contributed by atoms with Crippen LogP contribution in [0, 0.1) is 19.8 Å². The standard InChI is InChI=1S/C21H24N6O2/c1-11-4-5-17-16(8-11)19(25-24-17)21(28)27-7-6-15-14(10-27)9-22-12(2)18(15)20-23-13(3)29-26-20/h9,11H,4-8,10H2,1-3H3,(H,24,25)/t11-/m1/s1. The van der Waals surface area contributed by atoms with E-state index in [-0.39, 0.29) is 5.91 Å². The maximum absolute atomic E-state index is 13.3. The first-order chi connectivity index (χ1) is 14.0. The van der Waals surface area contributed by atoms with Crippen molar-refractivity contribution in [2.45, 2.75) is 53.0 Å². The predicted octanol–water partition coefficient (Wildman–Crippen LogP) is 2.79. The minimum Gasteiger partial charge on any atom is -0.339 e. The number of hydrogen-bond acceptors (Lipinski definition) is 6. The summed E-state index contributed by atoms with van der Waals surface area (Å²) in [4.78, 5) is 24.1. The van der Waals surface area contributed by atoms with Gasteiger partial charge >= 0.3 is 0 Å². The second kappa shape index (κ2) is 6.79. The van der Waals surface area contributed by atoms with Crippen molar-refractivity contribution in [3.8, 4) is 11.4 Å². The fraction of sp³-hybridized carbons (Fsp3) is 0.476. The number of aromatic nitrogens is 5. The topological polar surface area (TPSA) is 101 Å². The molecule has 29 heavy (non-hydrogen) atoms. The number of H-pyrrole nitrogens is 1. The minimum atomic E-state index is -0.000203. The van der Waals surface area contributed by atoms with Gasteiger partial charge in [-0.2, -0.15) is 10.1 Å². The van der Waals surface area contributed by atoms with E-state index in [1.165, 1.54) is 0 Å². The molecular formula is C21H24N6O2. The third-order valence-electron chi connectivity index (χ3n) is 6.09. The van der Waals surface area contributed by atoms with Crippen molar-refractivity contribution in [3.05, 3.63) is 45.9 Å². The number of aromatic amines is 1. The summed E-state index contributed by atoms with van der Waals surface area (Å²) >= 11 is 0. The van der Waals surface area contributed by atoms with Crippen molar-refractivity contribution in [2.75, 3.05) is 6.54 Å². The quantitative estimate of drug-likeness (QED) is 0.720. The lowest BCUT2D eigenvalue weighted by Crippen LogP contribution is -2.37. The smallest absolute Gasteiger partial charge is 0.274 e. The van der Waals surface area contributed by atoms with Gasteiger partial charge in [0.1, 0.15) is 0 Å². The molecule has 2 aliphatic rings. The Morgan fingerprint density at radius 2 is 2.14 bits per heavy atom. The van der Waals surface area contributed by atoms with Crippen LogP contribution in [0.3, 0.4) is 0 Å². The molecule has 0 unspecified atom stereocenters. The molecule has 3 aromatic heterocycles. The Hall–Kier alpha value is -3.03. The second-order valence-corrected chi connectivity index (χ2v) is 8.21. The van der Waals surface area contributed by atoms with Crippen molar-refractivity contribution in [2.24, 2.45) is 5.92 Å². The normalized spacial score (nSPS) is 18.4. The highest BCUT2D eigenvalue weighted by atomic mass is 16.5. The van der Waals surface area contributed by atoms with Crippen LogP contribution >= 0.6 is 0 Å². The summed E-state index contributed by atoms with van der Waals surface area (Å²) in [6, 6.07) is 0. The number of carbonyl (C=O) groups excluding carboxylic acids is 1. The lowest BCUT2D eigenvalue weighted by atomic mass is 9.87. The molecule has 0 bridgehead atoms. The molecule has 8 heteroatoms. The molecule has 0 saturated heterocycles. The van der Waals surface area contributed by atoms with Gasteiger partial charge in [-0.3, -0.25) is 14.9 Å². The largest absolute Gasteiger partial charge is 0.339 e. The van der Waals surface area contributed by atoms with E-state index in [0.717, 1.165) is 59.3 Å². The van der Waals surface area contributed by atoms with Crippen LogP contribution in [0.4, 0.5) is 0 Å². The molecule has 0 fully saturated rings. The average Bonchev–Trinajstić information content (AvgIpc) is 3.32. The summed E-state index contributed by atoms with van der Waals surface area (Å²) < 4.78 is 5.17. The molecule has 5 rings (SSSR count). The SMILES string of the molecule is Cc1nc(-c2c(C)ncc3c2CCN(C(=O)c2n[nH]c4c2C[C@H](C)CC4)C3)no1. The Bertz CT molecular complexity index is 1100. The van der Waals surface area contributed by atoms with Crippen LogP contribution in [-0.2, 0) is 25.8 Å². The van der Waals surface area contributed by atoms with E-state index in [1.54, 1.807) is 6.92 Å². The zero-order chi connectivity index (χ0) is 20.1. The number of hydrogen-bond donors (Lipinski definition) is 1. The molecule has 8 nitrogen and oxygen atoms in total. The van der Waals surface area contributed by atoms with Crippen molar-refractivity contribution >= 4 is 5.91 Å². The van der Waals surface area contributed by atoms with Crippen molar-refractivity contribution in [1.82, 2.24) is 30.2 Å². The summed E-state index contributed by atoms with van der Waals surface area (Å²) in [7, 11) is 0. The molecule has 4 heterocycles. The fourth-order valence-electron chi connectivity index (χ4n) is 4.52. The fourth-order valence-corrected chi connectivity index (χ4v) is 4.52. The van der Waals surface area contributed by atoms with E-state index < -0.39 is 0 Å². The van der Waals surface area contributed by atoms with Crippen LogP contribution in [0.25, 0.3) is 11.4 Å². The highest BCUT2D eigenvalue weighted by Crippen LogP contribution is 2.32. The number of pyridine rings is 1. The monoisotopic (exact) mass is 392 g/mol. The van der Waals surface area contributed by atoms with Gasteiger partial charge in [-0.25, -0.2) is 0 Å². The van der Waals surface area contributed by atoms with Gasteiger partial charge in [-0.15, -0.1) is 0 Å². The van der Waals surface area contributed by atoms with Gasteiger partial charge in [0.2, 0.25) is 11.7 Å².